The Morgan fingerprint density at radius 1 is 1.62 bits per heavy atom. The molecule has 1 unspecified atom stereocenters. The van der Waals surface area contributed by atoms with E-state index in [1.807, 2.05) is 0 Å². The molecule has 1 atom stereocenters. The van der Waals surface area contributed by atoms with Crippen LogP contribution in [0.5, 0.6) is 0 Å². The van der Waals surface area contributed by atoms with Gasteiger partial charge in [0.15, 0.2) is 0 Å². The molecular formula is C9H15NO3. The summed E-state index contributed by atoms with van der Waals surface area (Å²) >= 11 is 0. The molecule has 4 nitrogen and oxygen atoms in total. The fourth-order valence-corrected chi connectivity index (χ4v) is 0.777. The maximum atomic E-state index is 11.0. The molecule has 0 bridgehead atoms. The number of carbonyl (C=O) groups is 2. The maximum absolute atomic E-state index is 11.0. The third-order valence-corrected chi connectivity index (χ3v) is 1.87. The van der Waals surface area contributed by atoms with Crippen molar-refractivity contribution in [3.8, 4) is 0 Å². The molecule has 0 radical (unpaired) electrons. The van der Waals surface area contributed by atoms with Crippen LogP contribution in [-0.4, -0.2) is 35.5 Å². The molecule has 0 aromatic heterocycles. The Bertz CT molecular complexity index is 213. The lowest BCUT2D eigenvalue weighted by molar-refractivity contribution is -0.141. The Morgan fingerprint density at radius 3 is 2.54 bits per heavy atom. The average Bonchev–Trinajstić information content (AvgIpc) is 2.11. The number of hydrogen-bond acceptors (Lipinski definition) is 2. The maximum Gasteiger partial charge on any atom is 0.306 e. The number of rotatable bonds is 5. The van der Waals surface area contributed by atoms with Gasteiger partial charge in [-0.2, -0.15) is 0 Å². The molecule has 0 saturated carbocycles. The van der Waals surface area contributed by atoms with Crippen molar-refractivity contribution in [1.82, 2.24) is 4.90 Å². The fourth-order valence-electron chi connectivity index (χ4n) is 0.777. The summed E-state index contributed by atoms with van der Waals surface area (Å²) in [6.07, 6.45) is 1.68. The standard InChI is InChI=1S/C9H15NO3/c1-4-8(11)10(3)6-5-7(2)9(12)13/h4,7H,1,5-6H2,2-3H3,(H,12,13). The molecule has 74 valence electrons. The van der Waals surface area contributed by atoms with Gasteiger partial charge in [-0.1, -0.05) is 13.5 Å². The van der Waals surface area contributed by atoms with Crippen LogP contribution in [0, 0.1) is 5.92 Å². The number of amides is 1. The van der Waals surface area contributed by atoms with E-state index in [9.17, 15) is 9.59 Å². The highest BCUT2D eigenvalue weighted by Crippen LogP contribution is 2.02. The van der Waals surface area contributed by atoms with Crippen LogP contribution in [0.2, 0.25) is 0 Å². The number of carboxylic acids is 1. The van der Waals surface area contributed by atoms with Gasteiger partial charge in [0.1, 0.15) is 0 Å². The van der Waals surface area contributed by atoms with Crippen LogP contribution in [0.4, 0.5) is 0 Å². The van der Waals surface area contributed by atoms with Crippen LogP contribution in [0.15, 0.2) is 12.7 Å². The van der Waals surface area contributed by atoms with Crippen molar-refractivity contribution in [3.05, 3.63) is 12.7 Å². The summed E-state index contributed by atoms with van der Waals surface area (Å²) < 4.78 is 0. The lowest BCUT2D eigenvalue weighted by Gasteiger charge is -2.15. The molecule has 0 aromatic carbocycles. The molecule has 1 amide bonds. The van der Waals surface area contributed by atoms with Gasteiger partial charge in [-0.05, 0) is 12.5 Å². The topological polar surface area (TPSA) is 57.6 Å². The lowest BCUT2D eigenvalue weighted by Crippen LogP contribution is -2.28. The first-order chi connectivity index (χ1) is 5.99. The summed E-state index contributed by atoms with van der Waals surface area (Å²) in [6.45, 7) is 5.40. The minimum atomic E-state index is -0.834. The van der Waals surface area contributed by atoms with Gasteiger partial charge in [0, 0.05) is 13.6 Å². The molecule has 0 saturated heterocycles. The van der Waals surface area contributed by atoms with E-state index in [-0.39, 0.29) is 5.91 Å². The predicted octanol–water partition coefficient (Wildman–Crippen LogP) is 0.742. The van der Waals surface area contributed by atoms with Crippen LogP contribution in [0.1, 0.15) is 13.3 Å². The Kier molecular flexibility index (Phi) is 4.80. The molecule has 0 aliphatic rings. The number of hydrogen-bond donors (Lipinski definition) is 1. The third kappa shape index (κ3) is 4.30. The van der Waals surface area contributed by atoms with Crippen LogP contribution < -0.4 is 0 Å². The Labute approximate surface area is 77.8 Å². The van der Waals surface area contributed by atoms with Crippen molar-refractivity contribution < 1.29 is 14.7 Å². The van der Waals surface area contributed by atoms with Gasteiger partial charge >= 0.3 is 5.97 Å². The molecule has 13 heavy (non-hydrogen) atoms. The molecule has 0 spiro atoms. The minimum Gasteiger partial charge on any atom is -0.481 e. The number of likely N-dealkylation sites (N-methyl/N-ethyl adjacent to an activating group) is 1. The van der Waals surface area contributed by atoms with E-state index in [2.05, 4.69) is 6.58 Å². The minimum absolute atomic E-state index is 0.183. The van der Waals surface area contributed by atoms with Gasteiger partial charge in [-0.3, -0.25) is 9.59 Å². The fraction of sp³-hybridized carbons (Fsp3) is 0.556. The van der Waals surface area contributed by atoms with Crippen LogP contribution in [-0.2, 0) is 9.59 Å². The van der Waals surface area contributed by atoms with E-state index in [0.29, 0.717) is 13.0 Å². The van der Waals surface area contributed by atoms with E-state index in [1.165, 1.54) is 11.0 Å². The first-order valence-electron chi connectivity index (χ1n) is 4.09. The smallest absolute Gasteiger partial charge is 0.306 e. The molecule has 0 rings (SSSR count). The van der Waals surface area contributed by atoms with Crippen LogP contribution >= 0.6 is 0 Å². The van der Waals surface area contributed by atoms with E-state index in [0.717, 1.165) is 0 Å². The van der Waals surface area contributed by atoms with Crippen molar-refractivity contribution in [2.45, 2.75) is 13.3 Å². The molecule has 0 aliphatic heterocycles. The SMILES string of the molecule is C=CC(=O)N(C)CCC(C)C(=O)O. The first kappa shape index (κ1) is 11.7. The second-order valence-electron chi connectivity index (χ2n) is 2.99. The van der Waals surface area contributed by atoms with Crippen LogP contribution in [0.3, 0.4) is 0 Å². The molecule has 0 heterocycles. The highest BCUT2D eigenvalue weighted by Gasteiger charge is 2.12. The van der Waals surface area contributed by atoms with E-state index in [1.54, 1.807) is 14.0 Å². The summed E-state index contributed by atoms with van der Waals surface area (Å²) in [5.74, 6) is -1.43. The second-order valence-corrected chi connectivity index (χ2v) is 2.99. The van der Waals surface area contributed by atoms with Gasteiger partial charge in [0.2, 0.25) is 5.91 Å². The Morgan fingerprint density at radius 2 is 2.15 bits per heavy atom. The highest BCUT2D eigenvalue weighted by molar-refractivity contribution is 5.86. The van der Waals surface area contributed by atoms with Crippen LogP contribution in [0.25, 0.3) is 0 Å². The summed E-state index contributed by atoms with van der Waals surface area (Å²) in [6, 6.07) is 0. The van der Waals surface area contributed by atoms with Crippen molar-refractivity contribution in [1.29, 1.82) is 0 Å². The molecular weight excluding hydrogens is 170 g/mol. The second kappa shape index (κ2) is 5.35. The quantitative estimate of drug-likeness (QED) is 0.643. The monoisotopic (exact) mass is 185 g/mol. The number of carboxylic acid groups (broad SMARTS) is 1. The Hall–Kier alpha value is -1.32. The van der Waals surface area contributed by atoms with Crippen molar-refractivity contribution in [3.63, 3.8) is 0 Å². The number of carbonyl (C=O) groups excluding carboxylic acids is 1. The van der Waals surface area contributed by atoms with E-state index >= 15 is 0 Å². The number of nitrogens with zero attached hydrogens (tertiary/aromatic N) is 1. The highest BCUT2D eigenvalue weighted by atomic mass is 16.4. The van der Waals surface area contributed by atoms with Gasteiger partial charge < -0.3 is 10.0 Å². The summed E-state index contributed by atoms with van der Waals surface area (Å²) in [4.78, 5) is 22.8. The van der Waals surface area contributed by atoms with Gasteiger partial charge in [0.25, 0.3) is 0 Å². The number of aliphatic carboxylic acids is 1. The first-order valence-corrected chi connectivity index (χ1v) is 4.09. The zero-order chi connectivity index (χ0) is 10.4. The van der Waals surface area contributed by atoms with E-state index < -0.39 is 11.9 Å². The zero-order valence-corrected chi connectivity index (χ0v) is 7.99. The largest absolute Gasteiger partial charge is 0.481 e. The summed E-state index contributed by atoms with van der Waals surface area (Å²) in [5, 5.41) is 8.57. The summed E-state index contributed by atoms with van der Waals surface area (Å²) in [7, 11) is 1.62. The summed E-state index contributed by atoms with van der Waals surface area (Å²) in [5.41, 5.74) is 0. The van der Waals surface area contributed by atoms with Gasteiger partial charge in [-0.15, -0.1) is 0 Å². The molecule has 4 heteroatoms. The molecule has 0 aromatic rings. The molecule has 0 aliphatic carbocycles. The van der Waals surface area contributed by atoms with Crippen molar-refractivity contribution >= 4 is 11.9 Å². The normalized spacial score (nSPS) is 11.8. The molecule has 1 N–H and O–H groups in total. The van der Waals surface area contributed by atoms with Crippen molar-refractivity contribution in [2.24, 2.45) is 5.92 Å². The van der Waals surface area contributed by atoms with E-state index in [4.69, 9.17) is 5.11 Å². The van der Waals surface area contributed by atoms with Crippen molar-refractivity contribution in [2.75, 3.05) is 13.6 Å². The van der Waals surface area contributed by atoms with Gasteiger partial charge in [-0.25, -0.2) is 0 Å². The Balaban J connectivity index is 3.82. The zero-order valence-electron chi connectivity index (χ0n) is 7.99. The van der Waals surface area contributed by atoms with Gasteiger partial charge in [0.05, 0.1) is 5.92 Å². The average molecular weight is 185 g/mol. The molecule has 0 fully saturated rings. The predicted molar refractivity (Wildman–Crippen MR) is 49.3 cm³/mol. The third-order valence-electron chi connectivity index (χ3n) is 1.87. The lowest BCUT2D eigenvalue weighted by atomic mass is 10.1.